The molecule has 5 atom stereocenters. The molecule has 4 N–H and O–H groups in total. The second-order valence-electron chi connectivity index (χ2n) is 8.70. The maximum Gasteiger partial charge on any atom is 0.246 e. The summed E-state index contributed by atoms with van der Waals surface area (Å²) in [6.45, 7) is 7.78. The first-order chi connectivity index (χ1) is 15.7. The van der Waals surface area contributed by atoms with Crippen LogP contribution < -0.4 is 26.0 Å². The molecule has 8 heteroatoms. The van der Waals surface area contributed by atoms with Crippen LogP contribution in [0, 0.1) is 11.8 Å². The Balaban J connectivity index is 2.52. The van der Waals surface area contributed by atoms with Crippen molar-refractivity contribution in [2.45, 2.75) is 65.1 Å². The molecule has 182 valence electrons. The molecule has 8 nitrogen and oxygen atoms in total. The fourth-order valence-electron chi connectivity index (χ4n) is 3.82. The van der Waals surface area contributed by atoms with Gasteiger partial charge in [-0.05, 0) is 48.2 Å². The lowest BCUT2D eigenvalue weighted by Crippen LogP contribution is -2.59. The molecule has 0 saturated carbocycles. The van der Waals surface area contributed by atoms with Gasteiger partial charge in [0.1, 0.15) is 17.8 Å². The number of ether oxygens (including phenoxy) is 1. The lowest BCUT2D eigenvalue weighted by atomic mass is 9.94. The van der Waals surface area contributed by atoms with Gasteiger partial charge in [0.25, 0.3) is 0 Å². The van der Waals surface area contributed by atoms with Gasteiger partial charge >= 0.3 is 0 Å². The van der Waals surface area contributed by atoms with Crippen LogP contribution in [0.1, 0.15) is 51.7 Å². The summed E-state index contributed by atoms with van der Waals surface area (Å²) in [6, 6.07) is 3.62. The quantitative estimate of drug-likeness (QED) is 0.521. The Kier molecular flexibility index (Phi) is 9.91. The zero-order valence-electron chi connectivity index (χ0n) is 20.5. The molecule has 1 aliphatic rings. The van der Waals surface area contributed by atoms with Crippen molar-refractivity contribution in [2.24, 2.45) is 11.8 Å². The van der Waals surface area contributed by atoms with E-state index in [1.54, 1.807) is 26.4 Å². The Labute approximate surface area is 196 Å². The Morgan fingerprint density at radius 1 is 1.00 bits per heavy atom. The highest BCUT2D eigenvalue weighted by Gasteiger charge is 2.33. The third-order valence-corrected chi connectivity index (χ3v) is 6.48. The van der Waals surface area contributed by atoms with E-state index in [0.717, 1.165) is 11.1 Å². The van der Waals surface area contributed by atoms with Crippen LogP contribution in [-0.4, -0.2) is 50.0 Å². The number of hydrogen-bond acceptors (Lipinski definition) is 5. The predicted octanol–water partition coefficient (Wildman–Crippen LogP) is 1.99. The van der Waals surface area contributed by atoms with Crippen LogP contribution in [0.25, 0.3) is 6.08 Å². The maximum absolute atomic E-state index is 13.3. The standard InChI is InChI=1S/C25H38N4O4/c1-7-15(3)21-24(31)27-12-11-17-9-10-20(33-6)18(13-17)14-19(26-5)23(30)28-22(16(4)8-2)25(32)29-21/h9-13,15-16,19,21-22,26H,7-8,14H2,1-6H3,(H,27,31)(H,28,30)(H,29,32)/b12-11-. The van der Waals surface area contributed by atoms with Crippen LogP contribution in [0.3, 0.4) is 0 Å². The van der Waals surface area contributed by atoms with E-state index < -0.39 is 18.1 Å². The van der Waals surface area contributed by atoms with Gasteiger partial charge in [-0.1, -0.05) is 46.6 Å². The molecule has 2 bridgehead atoms. The summed E-state index contributed by atoms with van der Waals surface area (Å²) >= 11 is 0. The number of hydrogen-bond donors (Lipinski definition) is 4. The minimum Gasteiger partial charge on any atom is -0.496 e. The van der Waals surface area contributed by atoms with Crippen molar-refractivity contribution in [3.05, 3.63) is 35.5 Å². The summed E-state index contributed by atoms with van der Waals surface area (Å²) in [5, 5.41) is 11.7. The van der Waals surface area contributed by atoms with Crippen LogP contribution in [0.15, 0.2) is 24.4 Å². The first-order valence-electron chi connectivity index (χ1n) is 11.7. The van der Waals surface area contributed by atoms with Crippen molar-refractivity contribution in [1.29, 1.82) is 0 Å². The number of carbonyl (C=O) groups is 3. The van der Waals surface area contributed by atoms with E-state index in [2.05, 4.69) is 21.3 Å². The molecule has 1 aromatic rings. The zero-order valence-corrected chi connectivity index (χ0v) is 20.5. The Hall–Kier alpha value is -2.87. The molecule has 0 aromatic heterocycles. The largest absolute Gasteiger partial charge is 0.496 e. The number of amides is 3. The third-order valence-electron chi connectivity index (χ3n) is 6.48. The third kappa shape index (κ3) is 6.81. The van der Waals surface area contributed by atoms with Crippen molar-refractivity contribution in [3.8, 4) is 5.75 Å². The fourth-order valence-corrected chi connectivity index (χ4v) is 3.82. The molecule has 1 aliphatic heterocycles. The Bertz CT molecular complexity index is 870. The summed E-state index contributed by atoms with van der Waals surface area (Å²) < 4.78 is 5.49. The van der Waals surface area contributed by atoms with Gasteiger partial charge in [-0.25, -0.2) is 0 Å². The van der Waals surface area contributed by atoms with Crippen LogP contribution in [0.4, 0.5) is 0 Å². The van der Waals surface area contributed by atoms with E-state index in [4.69, 9.17) is 4.74 Å². The first kappa shape index (κ1) is 26.4. The van der Waals surface area contributed by atoms with Gasteiger partial charge in [0.05, 0.1) is 13.2 Å². The number of likely N-dealkylation sites (N-methyl/N-ethyl adjacent to an activating group) is 1. The van der Waals surface area contributed by atoms with Gasteiger partial charge < -0.3 is 26.0 Å². The zero-order chi connectivity index (χ0) is 24.5. The molecule has 1 heterocycles. The smallest absolute Gasteiger partial charge is 0.246 e. The molecule has 0 saturated heterocycles. The van der Waals surface area contributed by atoms with Gasteiger partial charge in [-0.2, -0.15) is 0 Å². The van der Waals surface area contributed by atoms with E-state index in [9.17, 15) is 14.4 Å². The second kappa shape index (κ2) is 12.4. The van der Waals surface area contributed by atoms with Gasteiger partial charge in [0.2, 0.25) is 17.7 Å². The second-order valence-corrected chi connectivity index (χ2v) is 8.70. The summed E-state index contributed by atoms with van der Waals surface area (Å²) in [6.07, 6.45) is 5.16. The normalized spacial score (nSPS) is 24.9. The molecule has 0 fully saturated rings. The highest BCUT2D eigenvalue weighted by Crippen LogP contribution is 2.23. The lowest BCUT2D eigenvalue weighted by Gasteiger charge is -2.29. The number of methoxy groups -OCH3 is 1. The summed E-state index contributed by atoms with van der Waals surface area (Å²) in [7, 11) is 3.30. The number of rotatable bonds is 6. The number of nitrogens with one attached hydrogen (secondary N) is 4. The van der Waals surface area contributed by atoms with Crippen LogP contribution in [0.2, 0.25) is 0 Å². The minimum atomic E-state index is -0.758. The monoisotopic (exact) mass is 458 g/mol. The van der Waals surface area contributed by atoms with Gasteiger partial charge in [-0.3, -0.25) is 14.4 Å². The molecule has 33 heavy (non-hydrogen) atoms. The average Bonchev–Trinajstić information content (AvgIpc) is 2.82. The van der Waals surface area contributed by atoms with E-state index in [1.807, 2.05) is 45.9 Å². The van der Waals surface area contributed by atoms with Crippen LogP contribution in [0.5, 0.6) is 5.75 Å². The molecule has 3 amide bonds. The van der Waals surface area contributed by atoms with Crippen molar-refractivity contribution >= 4 is 23.8 Å². The summed E-state index contributed by atoms with van der Waals surface area (Å²) in [5.41, 5.74) is 1.70. The SMILES string of the molecule is CCC(C)C1NC(=O)C(NC)Cc2cc(ccc2OC)/C=C\NC(=O)C(C(C)CC)NC1=O. The highest BCUT2D eigenvalue weighted by atomic mass is 16.5. The fraction of sp³-hybridized carbons (Fsp3) is 0.560. The van der Waals surface area contributed by atoms with Crippen LogP contribution in [-0.2, 0) is 20.8 Å². The van der Waals surface area contributed by atoms with Crippen molar-refractivity contribution in [3.63, 3.8) is 0 Å². The minimum absolute atomic E-state index is 0.0797. The Morgan fingerprint density at radius 2 is 1.61 bits per heavy atom. The first-order valence-corrected chi connectivity index (χ1v) is 11.7. The van der Waals surface area contributed by atoms with E-state index in [-0.39, 0.29) is 29.6 Å². The predicted molar refractivity (Wildman–Crippen MR) is 129 cm³/mol. The number of benzene rings is 1. The molecule has 0 spiro atoms. The van der Waals surface area contributed by atoms with Crippen molar-refractivity contribution in [2.75, 3.05) is 14.2 Å². The summed E-state index contributed by atoms with van der Waals surface area (Å²) in [4.78, 5) is 39.4. The van der Waals surface area contributed by atoms with Crippen molar-refractivity contribution in [1.82, 2.24) is 21.3 Å². The molecule has 1 aromatic carbocycles. The average molecular weight is 459 g/mol. The van der Waals surface area contributed by atoms with Gasteiger partial charge in [-0.15, -0.1) is 0 Å². The lowest BCUT2D eigenvalue weighted by molar-refractivity contribution is -0.134. The molecule has 5 unspecified atom stereocenters. The highest BCUT2D eigenvalue weighted by molar-refractivity contribution is 5.93. The van der Waals surface area contributed by atoms with Crippen LogP contribution >= 0.6 is 0 Å². The molecule has 0 radical (unpaired) electrons. The molecule has 0 aliphatic carbocycles. The van der Waals surface area contributed by atoms with Gasteiger partial charge in [0.15, 0.2) is 0 Å². The molecule has 2 rings (SSSR count). The number of carbonyl (C=O) groups excluding carboxylic acids is 3. The topological polar surface area (TPSA) is 109 Å². The molecular weight excluding hydrogens is 420 g/mol. The number of fused-ring (bicyclic) bond motifs is 2. The Morgan fingerprint density at radius 3 is 2.18 bits per heavy atom. The van der Waals surface area contributed by atoms with Crippen molar-refractivity contribution < 1.29 is 19.1 Å². The van der Waals surface area contributed by atoms with E-state index in [1.165, 1.54) is 0 Å². The van der Waals surface area contributed by atoms with Gasteiger partial charge in [0, 0.05) is 12.6 Å². The molecular formula is C25H38N4O4. The summed E-state index contributed by atoms with van der Waals surface area (Å²) in [5.74, 6) is -0.448. The van der Waals surface area contributed by atoms with E-state index in [0.29, 0.717) is 25.0 Å². The van der Waals surface area contributed by atoms with E-state index >= 15 is 0 Å². The maximum atomic E-state index is 13.3.